The molecule has 0 aliphatic heterocycles. The van der Waals surface area contributed by atoms with Crippen molar-refractivity contribution in [3.05, 3.63) is 24.0 Å². The molecule has 0 aliphatic rings. The average molecular weight is 170 g/mol. The molecule has 0 saturated heterocycles. The smallest absolute Gasteiger partial charge is 0.147 e. The topological polar surface area (TPSA) is 47.3 Å². The molecule has 0 saturated carbocycles. The molecule has 0 heterocycles. The summed E-state index contributed by atoms with van der Waals surface area (Å²) in [4.78, 5) is 0. The number of benzene rings is 1. The summed E-state index contributed by atoms with van der Waals surface area (Å²) in [5.41, 5.74) is 2.48. The van der Waals surface area contributed by atoms with Gasteiger partial charge in [0.2, 0.25) is 0 Å². The van der Waals surface area contributed by atoms with E-state index in [1.165, 1.54) is 12.1 Å². The summed E-state index contributed by atoms with van der Waals surface area (Å²) in [5, 5.41) is 0. The van der Waals surface area contributed by atoms with E-state index in [1.807, 2.05) is 6.92 Å². The van der Waals surface area contributed by atoms with E-state index in [0.717, 1.165) is 0 Å². The van der Waals surface area contributed by atoms with Crippen LogP contribution in [0.25, 0.3) is 0 Å². The van der Waals surface area contributed by atoms with Crippen molar-refractivity contribution in [3.8, 4) is 5.75 Å². The molecule has 0 fully saturated rings. The maximum absolute atomic E-state index is 12.8. The minimum atomic E-state index is -0.388. The zero-order valence-corrected chi connectivity index (χ0v) is 6.80. The zero-order valence-electron chi connectivity index (χ0n) is 6.80. The molecule has 0 unspecified atom stereocenters. The Kier molecular flexibility index (Phi) is 2.88. The molecule has 0 atom stereocenters. The standard InChI is InChI=1S/C8H11FN2O/c1-2-12-6-3-4-7(9)8(5-6)11-10/h3-5,11H,2,10H2,1H3. The zero-order chi connectivity index (χ0) is 8.97. The highest BCUT2D eigenvalue weighted by Gasteiger charge is 2.01. The lowest BCUT2D eigenvalue weighted by Crippen LogP contribution is -2.08. The van der Waals surface area contributed by atoms with E-state index in [9.17, 15) is 4.39 Å². The lowest BCUT2D eigenvalue weighted by Gasteiger charge is -2.05. The Labute approximate surface area is 70.3 Å². The summed E-state index contributed by atoms with van der Waals surface area (Å²) in [5.74, 6) is 5.29. The molecule has 1 aromatic rings. The van der Waals surface area contributed by atoms with Crippen LogP contribution in [-0.4, -0.2) is 6.61 Å². The molecule has 4 heteroatoms. The van der Waals surface area contributed by atoms with Crippen molar-refractivity contribution in [1.82, 2.24) is 0 Å². The third kappa shape index (κ3) is 1.85. The molecule has 0 aromatic heterocycles. The number of halogens is 1. The second kappa shape index (κ2) is 3.92. The number of hydrogen-bond acceptors (Lipinski definition) is 3. The van der Waals surface area contributed by atoms with Gasteiger partial charge in [-0.05, 0) is 19.1 Å². The first-order valence-corrected chi connectivity index (χ1v) is 3.67. The number of hydrogen-bond donors (Lipinski definition) is 2. The van der Waals surface area contributed by atoms with Crippen molar-refractivity contribution in [2.75, 3.05) is 12.0 Å². The van der Waals surface area contributed by atoms with Crippen LogP contribution in [0.2, 0.25) is 0 Å². The SMILES string of the molecule is CCOc1ccc(F)c(NN)c1. The van der Waals surface area contributed by atoms with Gasteiger partial charge >= 0.3 is 0 Å². The van der Waals surface area contributed by atoms with Crippen LogP contribution in [0.4, 0.5) is 10.1 Å². The number of nitrogens with two attached hydrogens (primary N) is 1. The Morgan fingerprint density at radius 2 is 2.33 bits per heavy atom. The van der Waals surface area contributed by atoms with Gasteiger partial charge in [0, 0.05) is 6.07 Å². The molecule has 3 nitrogen and oxygen atoms in total. The van der Waals surface area contributed by atoms with Crippen LogP contribution in [0, 0.1) is 5.82 Å². The van der Waals surface area contributed by atoms with Gasteiger partial charge < -0.3 is 10.2 Å². The van der Waals surface area contributed by atoms with Gasteiger partial charge in [-0.1, -0.05) is 0 Å². The molecule has 66 valence electrons. The minimum Gasteiger partial charge on any atom is -0.494 e. The maximum Gasteiger partial charge on any atom is 0.147 e. The van der Waals surface area contributed by atoms with Crippen LogP contribution in [0.3, 0.4) is 0 Å². The number of hydrazine groups is 1. The first-order valence-electron chi connectivity index (χ1n) is 3.67. The van der Waals surface area contributed by atoms with Crippen molar-refractivity contribution in [3.63, 3.8) is 0 Å². The average Bonchev–Trinajstić information content (AvgIpc) is 2.09. The quantitative estimate of drug-likeness (QED) is 0.534. The summed E-state index contributed by atoms with van der Waals surface area (Å²) < 4.78 is 18.0. The summed E-state index contributed by atoms with van der Waals surface area (Å²) >= 11 is 0. The summed E-state index contributed by atoms with van der Waals surface area (Å²) in [6, 6.07) is 4.37. The van der Waals surface area contributed by atoms with Crippen molar-refractivity contribution in [1.29, 1.82) is 0 Å². The normalized spacial score (nSPS) is 9.58. The van der Waals surface area contributed by atoms with Gasteiger partial charge in [0.1, 0.15) is 11.6 Å². The van der Waals surface area contributed by atoms with Crippen LogP contribution in [-0.2, 0) is 0 Å². The van der Waals surface area contributed by atoms with Crippen molar-refractivity contribution in [2.45, 2.75) is 6.92 Å². The predicted octanol–water partition coefficient (Wildman–Crippen LogP) is 1.51. The second-order valence-electron chi connectivity index (χ2n) is 2.22. The molecule has 0 amide bonds. The molecule has 0 radical (unpaired) electrons. The van der Waals surface area contributed by atoms with E-state index >= 15 is 0 Å². The maximum atomic E-state index is 12.8. The van der Waals surface area contributed by atoms with Crippen LogP contribution in [0.15, 0.2) is 18.2 Å². The van der Waals surface area contributed by atoms with Gasteiger partial charge in [0.15, 0.2) is 0 Å². The van der Waals surface area contributed by atoms with Crippen LogP contribution in [0.5, 0.6) is 5.75 Å². The number of nitrogens with one attached hydrogen (secondary N) is 1. The molecule has 1 aromatic carbocycles. The lowest BCUT2D eigenvalue weighted by atomic mass is 10.3. The van der Waals surface area contributed by atoms with E-state index < -0.39 is 0 Å². The van der Waals surface area contributed by atoms with Crippen molar-refractivity contribution in [2.24, 2.45) is 5.84 Å². The van der Waals surface area contributed by atoms with Crippen LogP contribution in [0.1, 0.15) is 6.92 Å². The lowest BCUT2D eigenvalue weighted by molar-refractivity contribution is 0.340. The van der Waals surface area contributed by atoms with Crippen molar-refractivity contribution >= 4 is 5.69 Å². The summed E-state index contributed by atoms with van der Waals surface area (Å²) in [6.45, 7) is 2.41. The van der Waals surface area contributed by atoms with Crippen LogP contribution < -0.4 is 16.0 Å². The van der Waals surface area contributed by atoms with E-state index in [1.54, 1.807) is 6.07 Å². The molecule has 0 spiro atoms. The predicted molar refractivity (Wildman–Crippen MR) is 45.4 cm³/mol. The summed E-state index contributed by atoms with van der Waals surface area (Å²) in [6.07, 6.45) is 0. The highest BCUT2D eigenvalue weighted by Crippen LogP contribution is 2.20. The Morgan fingerprint density at radius 3 is 2.92 bits per heavy atom. The number of ether oxygens (including phenoxy) is 1. The van der Waals surface area contributed by atoms with Gasteiger partial charge in [-0.25, -0.2) is 4.39 Å². The monoisotopic (exact) mass is 170 g/mol. The third-order valence-electron chi connectivity index (χ3n) is 1.40. The fourth-order valence-corrected chi connectivity index (χ4v) is 0.871. The first-order chi connectivity index (χ1) is 5.77. The van der Waals surface area contributed by atoms with E-state index in [0.29, 0.717) is 12.4 Å². The molecule has 3 N–H and O–H groups in total. The Hall–Kier alpha value is -1.29. The molecule has 12 heavy (non-hydrogen) atoms. The number of anilines is 1. The van der Waals surface area contributed by atoms with E-state index in [-0.39, 0.29) is 11.5 Å². The molecular formula is C8H11FN2O. The largest absolute Gasteiger partial charge is 0.494 e. The van der Waals surface area contributed by atoms with Gasteiger partial charge in [-0.2, -0.15) is 0 Å². The van der Waals surface area contributed by atoms with Gasteiger partial charge in [-0.3, -0.25) is 5.84 Å². The third-order valence-corrected chi connectivity index (χ3v) is 1.40. The van der Waals surface area contributed by atoms with E-state index in [4.69, 9.17) is 10.6 Å². The molecule has 0 bridgehead atoms. The highest BCUT2D eigenvalue weighted by molar-refractivity contribution is 5.48. The first kappa shape index (κ1) is 8.80. The van der Waals surface area contributed by atoms with E-state index in [2.05, 4.69) is 5.43 Å². The molecule has 1 rings (SSSR count). The highest BCUT2D eigenvalue weighted by atomic mass is 19.1. The Balaban J connectivity index is 2.89. The van der Waals surface area contributed by atoms with Gasteiger partial charge in [0.05, 0.1) is 12.3 Å². The fraction of sp³-hybridized carbons (Fsp3) is 0.250. The van der Waals surface area contributed by atoms with Gasteiger partial charge in [0.25, 0.3) is 0 Å². The Bertz CT molecular complexity index is 265. The molecule has 0 aliphatic carbocycles. The van der Waals surface area contributed by atoms with Crippen molar-refractivity contribution < 1.29 is 9.13 Å². The number of nitrogen functional groups attached to an aromatic ring is 1. The van der Waals surface area contributed by atoms with Gasteiger partial charge in [-0.15, -0.1) is 0 Å². The van der Waals surface area contributed by atoms with Crippen LogP contribution >= 0.6 is 0 Å². The fourth-order valence-electron chi connectivity index (χ4n) is 0.871. The Morgan fingerprint density at radius 1 is 1.58 bits per heavy atom. The molecular weight excluding hydrogens is 159 g/mol. The second-order valence-corrected chi connectivity index (χ2v) is 2.22. The summed E-state index contributed by atoms with van der Waals surface area (Å²) in [7, 11) is 0. The number of rotatable bonds is 3. The minimum absolute atomic E-state index is 0.237.